The van der Waals surface area contributed by atoms with Gasteiger partial charge >= 0.3 is 0 Å². The zero-order chi connectivity index (χ0) is 17.3. The minimum atomic E-state index is -3.50. The van der Waals surface area contributed by atoms with Crippen molar-refractivity contribution in [1.82, 2.24) is 10.2 Å². The molecule has 5 nitrogen and oxygen atoms in total. The summed E-state index contributed by atoms with van der Waals surface area (Å²) < 4.78 is 27.5. The molecule has 124 valence electrons. The Balaban J connectivity index is 1.95. The van der Waals surface area contributed by atoms with Gasteiger partial charge in [0, 0.05) is 5.56 Å². The van der Waals surface area contributed by atoms with Crippen molar-refractivity contribution in [2.45, 2.75) is 13.0 Å². The molecule has 0 aliphatic heterocycles. The van der Waals surface area contributed by atoms with Gasteiger partial charge in [0.15, 0.2) is 5.15 Å². The van der Waals surface area contributed by atoms with Crippen molar-refractivity contribution < 1.29 is 12.6 Å². The van der Waals surface area contributed by atoms with Crippen LogP contribution in [0.4, 0.5) is 0 Å². The lowest BCUT2D eigenvalue weighted by Crippen LogP contribution is -2.07. The number of halogens is 1. The molecular formula is C17H15ClN2O3S. The maximum Gasteiger partial charge on any atom is 0.264 e. The Hall–Kier alpha value is -2.02. The number of fused-ring (bicyclic) bond motifs is 1. The second kappa shape index (κ2) is 6.47. The molecule has 3 rings (SSSR count). The molecule has 0 aliphatic carbocycles. The van der Waals surface area contributed by atoms with Gasteiger partial charge in [-0.1, -0.05) is 35.9 Å². The van der Waals surface area contributed by atoms with Crippen molar-refractivity contribution >= 4 is 32.5 Å². The van der Waals surface area contributed by atoms with Crippen LogP contribution in [0.15, 0.2) is 48.5 Å². The van der Waals surface area contributed by atoms with E-state index in [1.165, 1.54) is 0 Å². The standard InChI is InChI=1S/C17H15ClN2O3S/c1-11(23-24(2,21)22)12-3-4-14-10-15(6-5-13(14)9-12)16-7-8-17(18)20-19-16/h3-11H,1-2H3. The van der Waals surface area contributed by atoms with E-state index in [1.54, 1.807) is 13.0 Å². The van der Waals surface area contributed by atoms with Gasteiger partial charge in [0.05, 0.1) is 18.1 Å². The maximum absolute atomic E-state index is 11.3. The first-order valence-corrected chi connectivity index (χ1v) is 9.43. The Morgan fingerprint density at radius 1 is 1.00 bits per heavy atom. The molecule has 0 radical (unpaired) electrons. The molecule has 7 heteroatoms. The quantitative estimate of drug-likeness (QED) is 0.656. The van der Waals surface area contributed by atoms with Crippen LogP contribution in [0, 0.1) is 0 Å². The van der Waals surface area contributed by atoms with Gasteiger partial charge in [-0.15, -0.1) is 10.2 Å². The fourth-order valence-corrected chi connectivity index (χ4v) is 3.20. The van der Waals surface area contributed by atoms with E-state index in [9.17, 15) is 8.42 Å². The first-order chi connectivity index (χ1) is 11.3. The summed E-state index contributed by atoms with van der Waals surface area (Å²) in [4.78, 5) is 0. The van der Waals surface area contributed by atoms with Crippen LogP contribution >= 0.6 is 11.6 Å². The summed E-state index contributed by atoms with van der Waals surface area (Å²) in [5.74, 6) is 0. The average Bonchev–Trinajstić information content (AvgIpc) is 2.53. The average molecular weight is 363 g/mol. The number of hydrogen-bond acceptors (Lipinski definition) is 5. The number of rotatable bonds is 4. The minimum Gasteiger partial charge on any atom is -0.262 e. The molecule has 0 amide bonds. The van der Waals surface area contributed by atoms with E-state index in [-0.39, 0.29) is 0 Å². The lowest BCUT2D eigenvalue weighted by molar-refractivity contribution is 0.237. The highest BCUT2D eigenvalue weighted by Gasteiger charge is 2.13. The molecule has 1 aromatic heterocycles. The van der Waals surface area contributed by atoms with E-state index < -0.39 is 16.2 Å². The van der Waals surface area contributed by atoms with Crippen LogP contribution in [-0.4, -0.2) is 24.9 Å². The van der Waals surface area contributed by atoms with E-state index in [0.717, 1.165) is 33.8 Å². The van der Waals surface area contributed by atoms with E-state index in [4.69, 9.17) is 15.8 Å². The van der Waals surface area contributed by atoms with Gasteiger partial charge in [-0.2, -0.15) is 8.42 Å². The molecule has 0 saturated carbocycles. The third-order valence-electron chi connectivity index (χ3n) is 3.58. The predicted octanol–water partition coefficient (Wildman–Crippen LogP) is 3.99. The Labute approximate surface area is 145 Å². The Kier molecular flexibility index (Phi) is 4.54. The lowest BCUT2D eigenvalue weighted by atomic mass is 10.0. The molecule has 1 heterocycles. The third-order valence-corrected chi connectivity index (χ3v) is 4.42. The fourth-order valence-electron chi connectivity index (χ4n) is 2.46. The Morgan fingerprint density at radius 2 is 1.71 bits per heavy atom. The minimum absolute atomic E-state index is 0.351. The van der Waals surface area contributed by atoms with Crippen LogP contribution in [0.1, 0.15) is 18.6 Å². The van der Waals surface area contributed by atoms with Gasteiger partial charge in [-0.05, 0) is 47.5 Å². The number of hydrogen-bond donors (Lipinski definition) is 0. The van der Waals surface area contributed by atoms with E-state index in [0.29, 0.717) is 5.15 Å². The van der Waals surface area contributed by atoms with Crippen molar-refractivity contribution in [3.63, 3.8) is 0 Å². The Bertz CT molecular complexity index is 988. The van der Waals surface area contributed by atoms with Gasteiger partial charge in [0.1, 0.15) is 0 Å². The summed E-state index contributed by atoms with van der Waals surface area (Å²) in [5.41, 5.74) is 2.46. The summed E-state index contributed by atoms with van der Waals surface area (Å²) in [6.45, 7) is 1.71. The van der Waals surface area contributed by atoms with E-state index in [1.807, 2.05) is 42.5 Å². The molecule has 1 atom stereocenters. The first kappa shape index (κ1) is 16.8. The second-order valence-corrected chi connectivity index (χ2v) is 7.49. The van der Waals surface area contributed by atoms with Gasteiger partial charge in [-0.3, -0.25) is 4.18 Å². The van der Waals surface area contributed by atoms with Crippen LogP contribution in [0.3, 0.4) is 0 Å². The SMILES string of the molecule is CC(OS(C)(=O)=O)c1ccc2cc(-c3ccc(Cl)nn3)ccc2c1. The van der Waals surface area contributed by atoms with Gasteiger partial charge < -0.3 is 0 Å². The normalized spacial score (nSPS) is 13.1. The third kappa shape index (κ3) is 3.90. The smallest absolute Gasteiger partial charge is 0.262 e. The topological polar surface area (TPSA) is 69.2 Å². The highest BCUT2D eigenvalue weighted by molar-refractivity contribution is 7.86. The molecule has 0 saturated heterocycles. The van der Waals surface area contributed by atoms with Crippen LogP contribution in [0.25, 0.3) is 22.0 Å². The maximum atomic E-state index is 11.3. The zero-order valence-corrected chi connectivity index (χ0v) is 14.7. The molecule has 0 spiro atoms. The van der Waals surface area contributed by atoms with Crippen LogP contribution in [0.2, 0.25) is 5.15 Å². The van der Waals surface area contributed by atoms with Crippen molar-refractivity contribution in [3.8, 4) is 11.3 Å². The van der Waals surface area contributed by atoms with Crippen molar-refractivity contribution in [3.05, 3.63) is 59.2 Å². The largest absolute Gasteiger partial charge is 0.264 e. The summed E-state index contributed by atoms with van der Waals surface area (Å²) in [6, 6.07) is 15.1. The fraction of sp³-hybridized carbons (Fsp3) is 0.176. The highest BCUT2D eigenvalue weighted by Crippen LogP contribution is 2.27. The Morgan fingerprint density at radius 3 is 2.38 bits per heavy atom. The second-order valence-electron chi connectivity index (χ2n) is 5.51. The molecule has 0 aliphatic rings. The number of aromatic nitrogens is 2. The molecule has 0 bridgehead atoms. The van der Waals surface area contributed by atoms with Crippen molar-refractivity contribution in [1.29, 1.82) is 0 Å². The van der Waals surface area contributed by atoms with Crippen LogP contribution in [-0.2, 0) is 14.3 Å². The lowest BCUT2D eigenvalue weighted by Gasteiger charge is -2.12. The van der Waals surface area contributed by atoms with Crippen molar-refractivity contribution in [2.24, 2.45) is 0 Å². The first-order valence-electron chi connectivity index (χ1n) is 7.23. The van der Waals surface area contributed by atoms with Crippen molar-refractivity contribution in [2.75, 3.05) is 6.26 Å². The van der Waals surface area contributed by atoms with Crippen LogP contribution in [0.5, 0.6) is 0 Å². The number of nitrogens with zero attached hydrogens (tertiary/aromatic N) is 2. The highest BCUT2D eigenvalue weighted by atomic mass is 35.5. The monoisotopic (exact) mass is 362 g/mol. The molecule has 0 fully saturated rings. The number of benzene rings is 2. The molecule has 24 heavy (non-hydrogen) atoms. The summed E-state index contributed by atoms with van der Waals surface area (Å²) >= 11 is 5.76. The van der Waals surface area contributed by atoms with Gasteiger partial charge in [0.25, 0.3) is 10.1 Å². The molecule has 1 unspecified atom stereocenters. The zero-order valence-electron chi connectivity index (χ0n) is 13.1. The van der Waals surface area contributed by atoms with E-state index in [2.05, 4.69) is 10.2 Å². The van der Waals surface area contributed by atoms with E-state index >= 15 is 0 Å². The summed E-state index contributed by atoms with van der Waals surface area (Å²) in [5, 5.41) is 10.3. The summed E-state index contributed by atoms with van der Waals surface area (Å²) in [7, 11) is -3.50. The summed E-state index contributed by atoms with van der Waals surface area (Å²) in [6.07, 6.45) is 0.510. The predicted molar refractivity (Wildman–Crippen MR) is 94.3 cm³/mol. The molecule has 0 N–H and O–H groups in total. The van der Waals surface area contributed by atoms with Crippen LogP contribution < -0.4 is 0 Å². The molecule has 2 aromatic carbocycles. The molecular weight excluding hydrogens is 348 g/mol. The van der Waals surface area contributed by atoms with Gasteiger partial charge in [0.2, 0.25) is 0 Å². The van der Waals surface area contributed by atoms with Gasteiger partial charge in [-0.25, -0.2) is 0 Å². The molecule has 3 aromatic rings.